The fourth-order valence-electron chi connectivity index (χ4n) is 5.52. The van der Waals surface area contributed by atoms with Crippen molar-refractivity contribution in [2.45, 2.75) is 31.7 Å². The summed E-state index contributed by atoms with van der Waals surface area (Å²) in [5, 5.41) is 16.3. The standard InChI is InChI=1S/C22H21FN6O2S/c23-12-7-14-15(9-25-18(14)24-8-12)20-27-19(13-5-6-32-22(13)28-20)26-17-11-3-1-10(2-4-11)16(17)21(30)29-31/h5-11,16-17,31H,1-4H2,(H,24,25)(H,29,30)(H,26,27,28)/t10?,11?,16-,17-/m0/s1. The third-order valence-corrected chi connectivity index (χ3v) is 7.81. The number of pyridine rings is 1. The van der Waals surface area contributed by atoms with Gasteiger partial charge in [-0.15, -0.1) is 11.3 Å². The van der Waals surface area contributed by atoms with Crippen LogP contribution in [0.4, 0.5) is 10.2 Å². The van der Waals surface area contributed by atoms with Crippen LogP contribution in [-0.4, -0.2) is 37.1 Å². The van der Waals surface area contributed by atoms with E-state index in [1.165, 1.54) is 23.6 Å². The maximum Gasteiger partial charge on any atom is 0.248 e. The summed E-state index contributed by atoms with van der Waals surface area (Å²) in [5.41, 5.74) is 3.10. The van der Waals surface area contributed by atoms with Crippen molar-refractivity contribution in [3.63, 3.8) is 0 Å². The Labute approximate surface area is 186 Å². The Morgan fingerprint density at radius 3 is 2.81 bits per heavy atom. The van der Waals surface area contributed by atoms with Crippen molar-refractivity contribution in [2.24, 2.45) is 17.8 Å². The fourth-order valence-corrected chi connectivity index (χ4v) is 6.28. The first kappa shape index (κ1) is 19.6. The molecule has 3 aliphatic carbocycles. The number of hydrogen-bond acceptors (Lipinski definition) is 7. The van der Waals surface area contributed by atoms with Crippen LogP contribution >= 0.6 is 11.3 Å². The molecule has 4 aromatic rings. The highest BCUT2D eigenvalue weighted by Crippen LogP contribution is 2.47. The first-order valence-corrected chi connectivity index (χ1v) is 11.6. The van der Waals surface area contributed by atoms with Crippen LogP contribution in [0.5, 0.6) is 0 Å². The van der Waals surface area contributed by atoms with Crippen LogP contribution in [0.1, 0.15) is 25.7 Å². The second-order valence-electron chi connectivity index (χ2n) is 8.63. The molecule has 4 heterocycles. The molecule has 0 spiro atoms. The number of thiophene rings is 1. The van der Waals surface area contributed by atoms with Crippen LogP contribution < -0.4 is 10.8 Å². The van der Waals surface area contributed by atoms with Gasteiger partial charge in [-0.1, -0.05) is 0 Å². The lowest BCUT2D eigenvalue weighted by molar-refractivity contribution is -0.139. The van der Waals surface area contributed by atoms with Crippen molar-refractivity contribution in [2.75, 3.05) is 5.32 Å². The van der Waals surface area contributed by atoms with Crippen molar-refractivity contribution in [3.05, 3.63) is 35.7 Å². The molecule has 0 saturated heterocycles. The molecule has 0 unspecified atom stereocenters. The fraction of sp³-hybridized carbons (Fsp3) is 0.364. The number of carbonyl (C=O) groups is 1. The monoisotopic (exact) mass is 452 g/mol. The molecule has 0 aromatic carbocycles. The Balaban J connectivity index is 1.45. The Bertz CT molecular complexity index is 1330. The molecule has 7 rings (SSSR count). The second-order valence-corrected chi connectivity index (χ2v) is 9.53. The predicted octanol–water partition coefficient (Wildman–Crippen LogP) is 4.10. The minimum atomic E-state index is -0.426. The maximum atomic E-state index is 13.9. The van der Waals surface area contributed by atoms with Gasteiger partial charge in [0.05, 0.1) is 17.5 Å². The lowest BCUT2D eigenvalue weighted by atomic mass is 9.61. The van der Waals surface area contributed by atoms with E-state index in [0.717, 1.165) is 35.9 Å². The van der Waals surface area contributed by atoms with Crippen LogP contribution in [0.2, 0.25) is 0 Å². The zero-order chi connectivity index (χ0) is 21.8. The minimum Gasteiger partial charge on any atom is -0.366 e. The van der Waals surface area contributed by atoms with Crippen molar-refractivity contribution in [3.8, 4) is 11.4 Å². The maximum absolute atomic E-state index is 13.9. The van der Waals surface area contributed by atoms with E-state index < -0.39 is 5.82 Å². The van der Waals surface area contributed by atoms with E-state index in [1.54, 1.807) is 6.20 Å². The summed E-state index contributed by atoms with van der Waals surface area (Å²) in [7, 11) is 0. The molecule has 3 fully saturated rings. The van der Waals surface area contributed by atoms with E-state index in [0.29, 0.717) is 34.2 Å². The van der Waals surface area contributed by atoms with Crippen molar-refractivity contribution < 1.29 is 14.4 Å². The van der Waals surface area contributed by atoms with Crippen molar-refractivity contribution in [1.82, 2.24) is 25.4 Å². The molecule has 3 saturated carbocycles. The largest absolute Gasteiger partial charge is 0.366 e. The number of carbonyl (C=O) groups excluding carboxylic acids is 1. The Hall–Kier alpha value is -3.11. The summed E-state index contributed by atoms with van der Waals surface area (Å²) < 4.78 is 13.9. The smallest absolute Gasteiger partial charge is 0.248 e. The van der Waals surface area contributed by atoms with Crippen molar-refractivity contribution >= 4 is 44.3 Å². The number of nitrogens with zero attached hydrogens (tertiary/aromatic N) is 3. The topological polar surface area (TPSA) is 116 Å². The van der Waals surface area contributed by atoms with E-state index in [4.69, 9.17) is 9.97 Å². The first-order valence-electron chi connectivity index (χ1n) is 10.7. The Morgan fingerprint density at radius 1 is 1.19 bits per heavy atom. The number of fused-ring (bicyclic) bond motifs is 5. The van der Waals surface area contributed by atoms with Gasteiger partial charge in [0, 0.05) is 23.2 Å². The summed E-state index contributed by atoms with van der Waals surface area (Å²) in [6.45, 7) is 0. The number of amides is 1. The molecular formula is C22H21FN6O2S. The van der Waals surface area contributed by atoms with Gasteiger partial charge < -0.3 is 10.3 Å². The van der Waals surface area contributed by atoms with Crippen LogP contribution in [-0.2, 0) is 4.79 Å². The number of aromatic amines is 1. The highest BCUT2D eigenvalue weighted by molar-refractivity contribution is 7.16. The van der Waals surface area contributed by atoms with Gasteiger partial charge in [0.25, 0.3) is 0 Å². The van der Waals surface area contributed by atoms with Gasteiger partial charge in [-0.2, -0.15) is 0 Å². The van der Waals surface area contributed by atoms with E-state index in [9.17, 15) is 14.4 Å². The predicted molar refractivity (Wildman–Crippen MR) is 119 cm³/mol. The van der Waals surface area contributed by atoms with Crippen LogP contribution in [0, 0.1) is 23.6 Å². The SMILES string of the molecule is O=C(NO)[C@H]1C2CCC(CC2)[C@@H]1Nc1nc(-c2c[nH]c3ncc(F)cc23)nc2sccc12. The molecule has 10 heteroatoms. The second kappa shape index (κ2) is 7.49. The summed E-state index contributed by atoms with van der Waals surface area (Å²) in [6.07, 6.45) is 7.00. The third kappa shape index (κ3) is 3.05. The number of aromatic nitrogens is 4. The number of anilines is 1. The molecule has 164 valence electrons. The third-order valence-electron chi connectivity index (χ3n) is 7.00. The van der Waals surface area contributed by atoms with Gasteiger partial charge in [0.15, 0.2) is 5.82 Å². The van der Waals surface area contributed by atoms with E-state index in [1.807, 2.05) is 16.9 Å². The Morgan fingerprint density at radius 2 is 2.00 bits per heavy atom. The number of rotatable bonds is 4. The van der Waals surface area contributed by atoms with Gasteiger partial charge in [-0.05, 0) is 55.0 Å². The molecular weight excluding hydrogens is 431 g/mol. The normalized spacial score (nSPS) is 24.8. The van der Waals surface area contributed by atoms with E-state index in [-0.39, 0.29) is 23.8 Å². The van der Waals surface area contributed by atoms with E-state index >= 15 is 0 Å². The van der Waals surface area contributed by atoms with Crippen LogP contribution in [0.25, 0.3) is 32.6 Å². The zero-order valence-corrected chi connectivity index (χ0v) is 17.8. The van der Waals surface area contributed by atoms with Gasteiger partial charge in [-0.25, -0.2) is 24.8 Å². The number of H-pyrrole nitrogens is 1. The molecule has 2 bridgehead atoms. The average molecular weight is 453 g/mol. The van der Waals surface area contributed by atoms with Gasteiger partial charge in [0.1, 0.15) is 22.1 Å². The first-order chi connectivity index (χ1) is 15.6. The molecule has 3 aliphatic rings. The molecule has 32 heavy (non-hydrogen) atoms. The number of hydroxylamine groups is 1. The number of hydrogen-bond donors (Lipinski definition) is 4. The lowest BCUT2D eigenvalue weighted by Crippen LogP contribution is -2.54. The molecule has 4 N–H and O–H groups in total. The molecule has 1 amide bonds. The molecule has 4 aromatic heterocycles. The van der Waals surface area contributed by atoms with E-state index in [2.05, 4.69) is 15.3 Å². The summed E-state index contributed by atoms with van der Waals surface area (Å²) in [4.78, 5) is 30.0. The lowest BCUT2D eigenvalue weighted by Gasteiger charge is -2.47. The van der Waals surface area contributed by atoms with Gasteiger partial charge >= 0.3 is 0 Å². The highest BCUT2D eigenvalue weighted by Gasteiger charge is 2.47. The quantitative estimate of drug-likeness (QED) is 0.274. The average Bonchev–Trinajstić information content (AvgIpc) is 3.46. The molecule has 8 nitrogen and oxygen atoms in total. The number of halogens is 1. The molecule has 0 radical (unpaired) electrons. The summed E-state index contributed by atoms with van der Waals surface area (Å²) >= 11 is 1.50. The summed E-state index contributed by atoms with van der Waals surface area (Å²) in [6, 6.07) is 3.26. The van der Waals surface area contributed by atoms with Crippen LogP contribution in [0.3, 0.4) is 0 Å². The highest BCUT2D eigenvalue weighted by atomic mass is 32.1. The number of nitrogens with one attached hydrogen (secondary N) is 3. The van der Waals surface area contributed by atoms with Gasteiger partial charge in [0.2, 0.25) is 5.91 Å². The van der Waals surface area contributed by atoms with Crippen LogP contribution in [0.15, 0.2) is 29.9 Å². The summed E-state index contributed by atoms with van der Waals surface area (Å²) in [5.74, 6) is 0.609. The molecule has 0 aliphatic heterocycles. The minimum absolute atomic E-state index is 0.123. The molecule has 2 atom stereocenters. The Kier molecular flexibility index (Phi) is 4.58. The van der Waals surface area contributed by atoms with Gasteiger partial charge in [-0.3, -0.25) is 10.0 Å². The van der Waals surface area contributed by atoms with Crippen molar-refractivity contribution in [1.29, 1.82) is 0 Å². The zero-order valence-electron chi connectivity index (χ0n) is 17.0.